The molecule has 1 fully saturated rings. The molecule has 0 unspecified atom stereocenters. The minimum absolute atomic E-state index is 0.0126. The molecule has 1 aromatic rings. The second kappa shape index (κ2) is 6.79. The lowest BCUT2D eigenvalue weighted by Gasteiger charge is -2.35. The zero-order chi connectivity index (χ0) is 14.7. The lowest BCUT2D eigenvalue weighted by Crippen LogP contribution is -2.49. The first-order chi connectivity index (χ1) is 9.45. The molecule has 5 heteroatoms. The molecule has 3 nitrogen and oxygen atoms in total. The predicted molar refractivity (Wildman–Crippen MR) is 83.6 cm³/mol. The summed E-state index contributed by atoms with van der Waals surface area (Å²) in [6.07, 6.45) is 0. The molecule has 1 aliphatic rings. The zero-order valence-corrected chi connectivity index (χ0v) is 13.4. The number of carbonyl (C=O) groups is 1. The third-order valence-corrected chi connectivity index (χ3v) is 3.83. The first-order valence-electron chi connectivity index (χ1n) is 6.93. The molecule has 0 radical (unpaired) electrons. The summed E-state index contributed by atoms with van der Waals surface area (Å²) in [7, 11) is 0. The molecule has 0 aliphatic carbocycles. The van der Waals surface area contributed by atoms with E-state index in [0.717, 1.165) is 32.7 Å². The maximum atomic E-state index is 12.4. The standard InChI is InChI=1S/C15H20Cl2N2O/c1-11(2)10-18-3-5-19(6-4-18)15(20)12-7-13(16)9-14(17)8-12/h7-9,11H,3-6,10H2,1-2H3. The molecule has 0 bridgehead atoms. The second-order valence-corrected chi connectivity index (χ2v) is 6.52. The van der Waals surface area contributed by atoms with Gasteiger partial charge in [0.1, 0.15) is 0 Å². The summed E-state index contributed by atoms with van der Waals surface area (Å²) in [4.78, 5) is 16.7. The number of piperazine rings is 1. The van der Waals surface area contributed by atoms with E-state index in [1.54, 1.807) is 18.2 Å². The molecule has 1 saturated heterocycles. The van der Waals surface area contributed by atoms with E-state index in [9.17, 15) is 4.79 Å². The predicted octanol–water partition coefficient (Wildman–Crippen LogP) is 3.41. The summed E-state index contributed by atoms with van der Waals surface area (Å²) in [6.45, 7) is 8.89. The van der Waals surface area contributed by atoms with Gasteiger partial charge < -0.3 is 4.90 Å². The molecule has 1 amide bonds. The van der Waals surface area contributed by atoms with Crippen LogP contribution in [0.1, 0.15) is 24.2 Å². The van der Waals surface area contributed by atoms with Crippen molar-refractivity contribution in [3.8, 4) is 0 Å². The van der Waals surface area contributed by atoms with Gasteiger partial charge in [0.25, 0.3) is 5.91 Å². The van der Waals surface area contributed by atoms with Crippen LogP contribution in [0.15, 0.2) is 18.2 Å². The molecule has 1 heterocycles. The molecule has 2 rings (SSSR count). The molecular weight excluding hydrogens is 295 g/mol. The third kappa shape index (κ3) is 4.11. The van der Waals surface area contributed by atoms with Crippen LogP contribution in [-0.4, -0.2) is 48.4 Å². The lowest BCUT2D eigenvalue weighted by molar-refractivity contribution is 0.0624. The normalized spacial score (nSPS) is 16.8. The van der Waals surface area contributed by atoms with Crippen LogP contribution in [0.5, 0.6) is 0 Å². The van der Waals surface area contributed by atoms with Crippen LogP contribution in [0.3, 0.4) is 0 Å². The van der Waals surface area contributed by atoms with Crippen LogP contribution in [0, 0.1) is 5.92 Å². The third-order valence-electron chi connectivity index (χ3n) is 3.39. The SMILES string of the molecule is CC(C)CN1CCN(C(=O)c2cc(Cl)cc(Cl)c2)CC1. The number of hydrogen-bond donors (Lipinski definition) is 0. The van der Waals surface area contributed by atoms with Gasteiger partial charge in [-0.25, -0.2) is 0 Å². The minimum atomic E-state index is 0.0126. The van der Waals surface area contributed by atoms with Crippen LogP contribution in [0.4, 0.5) is 0 Å². The summed E-state index contributed by atoms with van der Waals surface area (Å²) >= 11 is 11.9. The van der Waals surface area contributed by atoms with Gasteiger partial charge in [-0.1, -0.05) is 37.0 Å². The molecule has 0 atom stereocenters. The summed E-state index contributed by atoms with van der Waals surface area (Å²) in [5, 5.41) is 0.999. The van der Waals surface area contributed by atoms with Gasteiger partial charge in [-0.05, 0) is 24.1 Å². The van der Waals surface area contributed by atoms with Gasteiger partial charge >= 0.3 is 0 Å². The first kappa shape index (κ1) is 15.6. The Morgan fingerprint density at radius 3 is 2.15 bits per heavy atom. The highest BCUT2D eigenvalue weighted by Gasteiger charge is 2.22. The molecule has 0 aromatic heterocycles. The fourth-order valence-electron chi connectivity index (χ4n) is 2.51. The van der Waals surface area contributed by atoms with Crippen molar-refractivity contribution in [1.82, 2.24) is 9.80 Å². The van der Waals surface area contributed by atoms with Crippen molar-refractivity contribution >= 4 is 29.1 Å². The summed E-state index contributed by atoms with van der Waals surface area (Å²) in [6, 6.07) is 4.99. The number of amides is 1. The van der Waals surface area contributed by atoms with Crippen LogP contribution in [0.2, 0.25) is 10.0 Å². The van der Waals surface area contributed by atoms with E-state index in [2.05, 4.69) is 18.7 Å². The van der Waals surface area contributed by atoms with Gasteiger partial charge in [0.15, 0.2) is 0 Å². The average molecular weight is 315 g/mol. The van der Waals surface area contributed by atoms with Gasteiger partial charge in [-0.3, -0.25) is 9.69 Å². The fourth-order valence-corrected chi connectivity index (χ4v) is 3.04. The van der Waals surface area contributed by atoms with Crippen LogP contribution >= 0.6 is 23.2 Å². The molecule has 0 saturated carbocycles. The minimum Gasteiger partial charge on any atom is -0.336 e. The Morgan fingerprint density at radius 2 is 1.65 bits per heavy atom. The summed E-state index contributed by atoms with van der Waals surface area (Å²) in [5.74, 6) is 0.669. The smallest absolute Gasteiger partial charge is 0.254 e. The van der Waals surface area contributed by atoms with Gasteiger partial charge in [0.2, 0.25) is 0 Å². The summed E-state index contributed by atoms with van der Waals surface area (Å²) < 4.78 is 0. The number of benzene rings is 1. The quantitative estimate of drug-likeness (QED) is 0.853. The maximum Gasteiger partial charge on any atom is 0.254 e. The second-order valence-electron chi connectivity index (χ2n) is 5.64. The van der Waals surface area contributed by atoms with Crippen LogP contribution < -0.4 is 0 Å². The van der Waals surface area contributed by atoms with Crippen molar-refractivity contribution < 1.29 is 4.79 Å². The van der Waals surface area contributed by atoms with Crippen LogP contribution in [-0.2, 0) is 0 Å². The van der Waals surface area contributed by atoms with Crippen molar-refractivity contribution in [2.45, 2.75) is 13.8 Å². The van der Waals surface area contributed by atoms with Gasteiger partial charge in [-0.2, -0.15) is 0 Å². The van der Waals surface area contributed by atoms with Crippen molar-refractivity contribution in [1.29, 1.82) is 0 Å². The topological polar surface area (TPSA) is 23.6 Å². The molecule has 0 N–H and O–H groups in total. The van der Waals surface area contributed by atoms with E-state index < -0.39 is 0 Å². The van der Waals surface area contributed by atoms with E-state index >= 15 is 0 Å². The van der Waals surface area contributed by atoms with Crippen molar-refractivity contribution in [2.24, 2.45) is 5.92 Å². The number of nitrogens with zero attached hydrogens (tertiary/aromatic N) is 2. The van der Waals surface area contributed by atoms with Gasteiger partial charge in [0.05, 0.1) is 0 Å². The highest BCUT2D eigenvalue weighted by Crippen LogP contribution is 2.20. The monoisotopic (exact) mass is 314 g/mol. The molecule has 0 spiro atoms. The van der Waals surface area contributed by atoms with Gasteiger partial charge in [0, 0.05) is 48.3 Å². The largest absolute Gasteiger partial charge is 0.336 e. The molecule has 1 aromatic carbocycles. The Bertz CT molecular complexity index is 463. The Balaban J connectivity index is 1.98. The maximum absolute atomic E-state index is 12.4. The van der Waals surface area contributed by atoms with E-state index in [0.29, 0.717) is 21.5 Å². The van der Waals surface area contributed by atoms with Gasteiger partial charge in [-0.15, -0.1) is 0 Å². The van der Waals surface area contributed by atoms with E-state index in [-0.39, 0.29) is 5.91 Å². The highest BCUT2D eigenvalue weighted by molar-refractivity contribution is 6.35. The van der Waals surface area contributed by atoms with Crippen molar-refractivity contribution in [3.63, 3.8) is 0 Å². The number of halogens is 2. The molecule has 1 aliphatic heterocycles. The van der Waals surface area contributed by atoms with Crippen LogP contribution in [0.25, 0.3) is 0 Å². The van der Waals surface area contributed by atoms with Crippen molar-refractivity contribution in [3.05, 3.63) is 33.8 Å². The Kier molecular flexibility index (Phi) is 5.30. The summed E-state index contributed by atoms with van der Waals surface area (Å²) in [5.41, 5.74) is 0.569. The number of hydrogen-bond acceptors (Lipinski definition) is 2. The fraction of sp³-hybridized carbons (Fsp3) is 0.533. The van der Waals surface area contributed by atoms with E-state index in [4.69, 9.17) is 23.2 Å². The Morgan fingerprint density at radius 1 is 1.10 bits per heavy atom. The highest BCUT2D eigenvalue weighted by atomic mass is 35.5. The van der Waals surface area contributed by atoms with E-state index in [1.807, 2.05) is 4.90 Å². The lowest BCUT2D eigenvalue weighted by atomic mass is 10.1. The molecule has 110 valence electrons. The first-order valence-corrected chi connectivity index (χ1v) is 7.69. The molecule has 20 heavy (non-hydrogen) atoms. The number of carbonyl (C=O) groups excluding carboxylic acids is 1. The zero-order valence-electron chi connectivity index (χ0n) is 11.9. The molecular formula is C15H20Cl2N2O. The van der Waals surface area contributed by atoms with E-state index in [1.165, 1.54) is 0 Å². The Labute approximate surface area is 130 Å². The number of rotatable bonds is 3. The average Bonchev–Trinajstić information content (AvgIpc) is 2.37. The Hall–Kier alpha value is -0.770. The van der Waals surface area contributed by atoms with Crippen molar-refractivity contribution in [2.75, 3.05) is 32.7 Å².